The average molecular weight is 302 g/mol. The second-order valence-electron chi connectivity index (χ2n) is 3.42. The fourth-order valence-corrected chi connectivity index (χ4v) is 1.98. The predicted molar refractivity (Wildman–Crippen MR) is 73.7 cm³/mol. The van der Waals surface area contributed by atoms with E-state index < -0.39 is 0 Å². The molecule has 0 aliphatic heterocycles. The monoisotopic (exact) mass is 300 g/mol. The number of nitrogens with one attached hydrogen (secondary N) is 1. The molecule has 3 nitrogen and oxygen atoms in total. The minimum Gasteiger partial charge on any atom is -0.305 e. The third kappa shape index (κ3) is 2.93. The van der Waals surface area contributed by atoms with Crippen LogP contribution < -0.4 is 5.32 Å². The molecule has 0 aliphatic rings. The summed E-state index contributed by atoms with van der Waals surface area (Å²) < 4.78 is 0. The maximum absolute atomic E-state index is 11.9. The number of aromatic nitrogens is 1. The van der Waals surface area contributed by atoms with Crippen LogP contribution in [0.4, 0.5) is 5.82 Å². The van der Waals surface area contributed by atoms with Gasteiger partial charge in [0.1, 0.15) is 0 Å². The van der Waals surface area contributed by atoms with Crippen molar-refractivity contribution in [3.05, 3.63) is 57.2 Å². The van der Waals surface area contributed by atoms with Crippen molar-refractivity contribution in [3.63, 3.8) is 0 Å². The van der Waals surface area contributed by atoms with Crippen molar-refractivity contribution in [2.24, 2.45) is 0 Å². The summed E-state index contributed by atoms with van der Waals surface area (Å²) >= 11 is 17.5. The molecule has 6 heteroatoms. The highest BCUT2D eigenvalue weighted by Gasteiger charge is 2.12. The molecule has 1 N–H and O–H groups in total. The molecule has 1 aromatic heterocycles. The van der Waals surface area contributed by atoms with E-state index in [4.69, 9.17) is 34.8 Å². The molecule has 1 heterocycles. The van der Waals surface area contributed by atoms with Gasteiger partial charge in [-0.15, -0.1) is 0 Å². The van der Waals surface area contributed by atoms with Crippen LogP contribution in [0.25, 0.3) is 0 Å². The highest BCUT2D eigenvalue weighted by atomic mass is 35.5. The molecule has 1 amide bonds. The number of pyridine rings is 1. The van der Waals surface area contributed by atoms with E-state index in [0.29, 0.717) is 15.6 Å². The van der Waals surface area contributed by atoms with Crippen molar-refractivity contribution in [1.82, 2.24) is 4.98 Å². The third-order valence-corrected chi connectivity index (χ3v) is 2.98. The third-order valence-electron chi connectivity index (χ3n) is 2.16. The fourth-order valence-electron chi connectivity index (χ4n) is 1.33. The first-order chi connectivity index (χ1) is 8.58. The van der Waals surface area contributed by atoms with Crippen LogP contribution in [0.5, 0.6) is 0 Å². The van der Waals surface area contributed by atoms with Crippen LogP contribution in [-0.4, -0.2) is 10.9 Å². The van der Waals surface area contributed by atoms with E-state index >= 15 is 0 Å². The van der Waals surface area contributed by atoms with Crippen molar-refractivity contribution < 1.29 is 4.79 Å². The molecule has 1 aromatic carbocycles. The molecule has 92 valence electrons. The predicted octanol–water partition coefficient (Wildman–Crippen LogP) is 4.29. The van der Waals surface area contributed by atoms with Crippen LogP contribution in [0.1, 0.15) is 10.4 Å². The summed E-state index contributed by atoms with van der Waals surface area (Å²) in [5.74, 6) is -0.136. The Bertz CT molecular complexity index is 602. The first-order valence-electron chi connectivity index (χ1n) is 4.95. The molecule has 0 radical (unpaired) electrons. The molecule has 0 saturated carbocycles. The number of rotatable bonds is 2. The molecule has 0 atom stereocenters. The zero-order valence-electron chi connectivity index (χ0n) is 8.95. The Hall–Kier alpha value is -1.29. The summed E-state index contributed by atoms with van der Waals surface area (Å²) in [6, 6.07) is 8.21. The second-order valence-corrected chi connectivity index (χ2v) is 4.67. The van der Waals surface area contributed by atoms with E-state index in [1.54, 1.807) is 24.3 Å². The quantitative estimate of drug-likeness (QED) is 0.899. The summed E-state index contributed by atoms with van der Waals surface area (Å²) in [4.78, 5) is 15.9. The Kier molecular flexibility index (Phi) is 4.07. The largest absolute Gasteiger partial charge is 0.305 e. The molecule has 0 bridgehead atoms. The molecule has 0 aliphatic carbocycles. The SMILES string of the molecule is O=C(Nc1ncc(Cl)cc1Cl)c1ccccc1Cl. The van der Waals surface area contributed by atoms with E-state index in [1.807, 2.05) is 0 Å². The Labute approximate surface area is 119 Å². The zero-order chi connectivity index (χ0) is 13.1. The molecule has 0 unspecified atom stereocenters. The maximum atomic E-state index is 11.9. The Balaban J connectivity index is 2.24. The van der Waals surface area contributed by atoms with E-state index in [0.717, 1.165) is 0 Å². The number of amides is 1. The topological polar surface area (TPSA) is 42.0 Å². The maximum Gasteiger partial charge on any atom is 0.258 e. The lowest BCUT2D eigenvalue weighted by Crippen LogP contribution is -2.13. The summed E-state index contributed by atoms with van der Waals surface area (Å²) in [5.41, 5.74) is 0.354. The van der Waals surface area contributed by atoms with Crippen LogP contribution in [0.3, 0.4) is 0 Å². The highest BCUT2D eigenvalue weighted by molar-refractivity contribution is 6.37. The van der Waals surface area contributed by atoms with Crippen molar-refractivity contribution in [2.45, 2.75) is 0 Å². The van der Waals surface area contributed by atoms with Gasteiger partial charge in [-0.2, -0.15) is 0 Å². The van der Waals surface area contributed by atoms with Gasteiger partial charge in [-0.1, -0.05) is 46.9 Å². The Morgan fingerprint density at radius 1 is 1.11 bits per heavy atom. The normalized spacial score (nSPS) is 10.2. The van der Waals surface area contributed by atoms with Crippen molar-refractivity contribution in [3.8, 4) is 0 Å². The second kappa shape index (κ2) is 5.57. The summed E-state index contributed by atoms with van der Waals surface area (Å²) in [5, 5.41) is 3.60. The fraction of sp³-hybridized carbons (Fsp3) is 0. The van der Waals surface area contributed by atoms with Crippen molar-refractivity contribution in [2.75, 3.05) is 5.32 Å². The minimum absolute atomic E-state index is 0.242. The molecule has 0 fully saturated rings. The number of benzene rings is 1. The molecule has 0 spiro atoms. The van der Waals surface area contributed by atoms with Gasteiger partial charge in [0.05, 0.1) is 20.6 Å². The van der Waals surface area contributed by atoms with Gasteiger partial charge in [-0.05, 0) is 18.2 Å². The molecule has 0 saturated heterocycles. The minimum atomic E-state index is -0.377. The summed E-state index contributed by atoms with van der Waals surface area (Å²) in [6.45, 7) is 0. The number of halogens is 3. The van der Waals surface area contributed by atoms with Gasteiger partial charge < -0.3 is 5.32 Å². The lowest BCUT2D eigenvalue weighted by atomic mass is 10.2. The first kappa shape index (κ1) is 13.1. The molecule has 2 rings (SSSR count). The average Bonchev–Trinajstić information content (AvgIpc) is 2.33. The molecule has 18 heavy (non-hydrogen) atoms. The number of hydrogen-bond donors (Lipinski definition) is 1. The smallest absolute Gasteiger partial charge is 0.258 e. The Morgan fingerprint density at radius 2 is 1.83 bits per heavy atom. The van der Waals surface area contributed by atoms with Crippen molar-refractivity contribution >= 4 is 46.5 Å². The lowest BCUT2D eigenvalue weighted by molar-refractivity contribution is 0.102. The van der Waals surface area contributed by atoms with Gasteiger partial charge in [0.15, 0.2) is 5.82 Å². The molecule has 2 aromatic rings. The highest BCUT2D eigenvalue weighted by Crippen LogP contribution is 2.24. The number of carbonyl (C=O) groups excluding carboxylic acids is 1. The number of nitrogens with zero attached hydrogens (tertiary/aromatic N) is 1. The summed E-state index contributed by atoms with van der Waals surface area (Å²) in [6.07, 6.45) is 1.40. The standard InChI is InChI=1S/C12H7Cl3N2O/c13-7-5-10(15)11(16-6-7)17-12(18)8-3-1-2-4-9(8)14/h1-6H,(H,16,17,18). The van der Waals surface area contributed by atoms with E-state index in [2.05, 4.69) is 10.3 Å². The van der Waals surface area contributed by atoms with Gasteiger partial charge in [-0.3, -0.25) is 4.79 Å². The van der Waals surface area contributed by atoms with Gasteiger partial charge in [0.25, 0.3) is 5.91 Å². The van der Waals surface area contributed by atoms with Crippen LogP contribution in [0, 0.1) is 0 Å². The lowest BCUT2D eigenvalue weighted by Gasteiger charge is -2.07. The molecular weight excluding hydrogens is 295 g/mol. The van der Waals surface area contributed by atoms with Crippen LogP contribution in [0.15, 0.2) is 36.5 Å². The number of carbonyl (C=O) groups is 1. The van der Waals surface area contributed by atoms with Gasteiger partial charge >= 0.3 is 0 Å². The van der Waals surface area contributed by atoms with Crippen molar-refractivity contribution in [1.29, 1.82) is 0 Å². The van der Waals surface area contributed by atoms with E-state index in [1.165, 1.54) is 12.3 Å². The molecular formula is C12H7Cl3N2O. The van der Waals surface area contributed by atoms with E-state index in [-0.39, 0.29) is 16.7 Å². The van der Waals surface area contributed by atoms with E-state index in [9.17, 15) is 4.79 Å². The Morgan fingerprint density at radius 3 is 2.50 bits per heavy atom. The zero-order valence-corrected chi connectivity index (χ0v) is 11.2. The van der Waals surface area contributed by atoms with Crippen LogP contribution in [-0.2, 0) is 0 Å². The number of hydrogen-bond acceptors (Lipinski definition) is 2. The summed E-state index contributed by atoms with van der Waals surface area (Å²) in [7, 11) is 0. The van der Waals surface area contributed by atoms with Gasteiger partial charge in [0.2, 0.25) is 0 Å². The number of anilines is 1. The van der Waals surface area contributed by atoms with Crippen LogP contribution >= 0.6 is 34.8 Å². The van der Waals surface area contributed by atoms with Crippen LogP contribution in [0.2, 0.25) is 15.1 Å². The first-order valence-corrected chi connectivity index (χ1v) is 6.08. The van der Waals surface area contributed by atoms with Gasteiger partial charge in [-0.25, -0.2) is 4.98 Å². The van der Waals surface area contributed by atoms with Gasteiger partial charge in [0, 0.05) is 6.20 Å².